The number of aromatic nitrogens is 4. The van der Waals surface area contributed by atoms with Gasteiger partial charge < -0.3 is 10.1 Å². The molecule has 6 heteroatoms. The summed E-state index contributed by atoms with van der Waals surface area (Å²) in [6.07, 6.45) is 6.32. The zero-order valence-electron chi connectivity index (χ0n) is 12.4. The predicted octanol–water partition coefficient (Wildman–Crippen LogP) is 1.71. The maximum atomic E-state index is 5.43. The van der Waals surface area contributed by atoms with Crippen LogP contribution in [0, 0.1) is 6.92 Å². The first-order valence-corrected chi connectivity index (χ1v) is 6.76. The molecular weight excluding hydrogens is 254 g/mol. The fraction of sp³-hybridized carbons (Fsp3) is 0.500. The van der Waals surface area contributed by atoms with Gasteiger partial charge in [0.05, 0.1) is 36.9 Å². The van der Waals surface area contributed by atoms with Gasteiger partial charge in [-0.05, 0) is 20.4 Å². The molecule has 20 heavy (non-hydrogen) atoms. The van der Waals surface area contributed by atoms with E-state index in [9.17, 15) is 0 Å². The van der Waals surface area contributed by atoms with Crippen LogP contribution < -0.4 is 10.1 Å². The summed E-state index contributed by atoms with van der Waals surface area (Å²) in [4.78, 5) is 8.78. The van der Waals surface area contributed by atoms with Gasteiger partial charge in [-0.1, -0.05) is 6.92 Å². The van der Waals surface area contributed by atoms with E-state index < -0.39 is 0 Å². The number of ether oxygens (including phenoxy) is 1. The molecule has 0 saturated heterocycles. The maximum absolute atomic E-state index is 5.43. The topological polar surface area (TPSA) is 64.9 Å². The Labute approximate surface area is 119 Å². The molecule has 0 saturated carbocycles. The van der Waals surface area contributed by atoms with Crippen molar-refractivity contribution in [3.05, 3.63) is 35.7 Å². The van der Waals surface area contributed by atoms with E-state index in [4.69, 9.17) is 4.74 Å². The molecule has 2 aromatic heterocycles. The van der Waals surface area contributed by atoms with Crippen molar-refractivity contribution in [1.29, 1.82) is 0 Å². The summed E-state index contributed by atoms with van der Waals surface area (Å²) in [5, 5.41) is 7.66. The first-order valence-electron chi connectivity index (χ1n) is 6.76. The number of nitrogens with zero attached hydrogens (tertiary/aromatic N) is 4. The van der Waals surface area contributed by atoms with Gasteiger partial charge >= 0.3 is 0 Å². The Bertz CT molecular complexity index is 549. The SMILES string of the molecule is CCCn1ncc(OC)c1C(NC)c1cnc(C)cn1. The van der Waals surface area contributed by atoms with Crippen LogP contribution in [-0.2, 0) is 6.54 Å². The molecular formula is C14H21N5O. The highest BCUT2D eigenvalue weighted by molar-refractivity contribution is 5.33. The molecule has 1 unspecified atom stereocenters. The third-order valence-corrected chi connectivity index (χ3v) is 3.16. The molecule has 2 aromatic rings. The first-order chi connectivity index (χ1) is 9.71. The molecule has 1 N–H and O–H groups in total. The molecule has 2 rings (SSSR count). The van der Waals surface area contributed by atoms with E-state index in [1.54, 1.807) is 25.7 Å². The van der Waals surface area contributed by atoms with Crippen LogP contribution in [0.5, 0.6) is 5.75 Å². The van der Waals surface area contributed by atoms with Crippen molar-refractivity contribution in [2.45, 2.75) is 32.9 Å². The Morgan fingerprint density at radius 2 is 2.10 bits per heavy atom. The number of aryl methyl sites for hydroxylation is 2. The van der Waals surface area contributed by atoms with Crippen LogP contribution >= 0.6 is 0 Å². The van der Waals surface area contributed by atoms with Gasteiger partial charge in [0, 0.05) is 12.7 Å². The van der Waals surface area contributed by atoms with Crippen molar-refractivity contribution >= 4 is 0 Å². The number of nitrogens with one attached hydrogen (secondary N) is 1. The molecule has 0 amide bonds. The number of hydrogen-bond acceptors (Lipinski definition) is 5. The fourth-order valence-electron chi connectivity index (χ4n) is 2.19. The van der Waals surface area contributed by atoms with Crippen molar-refractivity contribution in [3.63, 3.8) is 0 Å². The Morgan fingerprint density at radius 1 is 1.30 bits per heavy atom. The molecule has 0 fully saturated rings. The van der Waals surface area contributed by atoms with Crippen LogP contribution in [0.3, 0.4) is 0 Å². The van der Waals surface area contributed by atoms with Crippen LogP contribution in [0.2, 0.25) is 0 Å². The van der Waals surface area contributed by atoms with E-state index in [2.05, 4.69) is 27.3 Å². The smallest absolute Gasteiger partial charge is 0.161 e. The normalized spacial score (nSPS) is 12.4. The van der Waals surface area contributed by atoms with Gasteiger partial charge in [0.15, 0.2) is 5.75 Å². The molecule has 1 atom stereocenters. The summed E-state index contributed by atoms with van der Waals surface area (Å²) < 4.78 is 7.39. The predicted molar refractivity (Wildman–Crippen MR) is 76.7 cm³/mol. The van der Waals surface area contributed by atoms with E-state index in [-0.39, 0.29) is 6.04 Å². The molecule has 6 nitrogen and oxygen atoms in total. The minimum absolute atomic E-state index is 0.0906. The lowest BCUT2D eigenvalue weighted by atomic mass is 10.1. The molecule has 0 aromatic carbocycles. The second kappa shape index (κ2) is 6.47. The summed E-state index contributed by atoms with van der Waals surface area (Å²) in [5.74, 6) is 0.764. The van der Waals surface area contributed by atoms with Gasteiger partial charge in [0.25, 0.3) is 0 Å². The van der Waals surface area contributed by atoms with Crippen molar-refractivity contribution in [3.8, 4) is 5.75 Å². The molecule has 108 valence electrons. The standard InChI is InChI=1S/C14H21N5O/c1-5-6-19-14(12(20-4)9-18-19)13(15-3)11-8-16-10(2)7-17-11/h7-9,13,15H,5-6H2,1-4H3. The lowest BCUT2D eigenvalue weighted by Crippen LogP contribution is -2.23. The number of hydrogen-bond donors (Lipinski definition) is 1. The highest BCUT2D eigenvalue weighted by Gasteiger charge is 2.23. The average Bonchev–Trinajstić information content (AvgIpc) is 2.85. The Morgan fingerprint density at radius 3 is 2.65 bits per heavy atom. The molecule has 0 radical (unpaired) electrons. The largest absolute Gasteiger partial charge is 0.493 e. The average molecular weight is 275 g/mol. The lowest BCUT2D eigenvalue weighted by molar-refractivity contribution is 0.399. The van der Waals surface area contributed by atoms with Crippen LogP contribution in [0.15, 0.2) is 18.6 Å². The summed E-state index contributed by atoms with van der Waals surface area (Å²) in [6, 6.07) is -0.0906. The van der Waals surface area contributed by atoms with Gasteiger partial charge in [-0.25, -0.2) is 0 Å². The van der Waals surface area contributed by atoms with Gasteiger partial charge in [0.1, 0.15) is 5.69 Å². The van der Waals surface area contributed by atoms with Gasteiger partial charge in [-0.2, -0.15) is 5.10 Å². The summed E-state index contributed by atoms with van der Waals surface area (Å²) >= 11 is 0. The van der Waals surface area contributed by atoms with Gasteiger partial charge in [-0.15, -0.1) is 0 Å². The summed E-state index contributed by atoms with van der Waals surface area (Å²) in [7, 11) is 3.55. The van der Waals surface area contributed by atoms with Crippen LogP contribution in [0.1, 0.15) is 36.5 Å². The van der Waals surface area contributed by atoms with Crippen molar-refractivity contribution in [2.75, 3.05) is 14.2 Å². The quantitative estimate of drug-likeness (QED) is 0.869. The third-order valence-electron chi connectivity index (χ3n) is 3.16. The van der Waals surface area contributed by atoms with Crippen LogP contribution in [0.4, 0.5) is 0 Å². The van der Waals surface area contributed by atoms with E-state index in [1.807, 2.05) is 18.7 Å². The second-order valence-corrected chi connectivity index (χ2v) is 4.63. The molecule has 0 bridgehead atoms. The fourth-order valence-corrected chi connectivity index (χ4v) is 2.19. The Kier molecular flexibility index (Phi) is 4.68. The Hall–Kier alpha value is -1.95. The maximum Gasteiger partial charge on any atom is 0.161 e. The lowest BCUT2D eigenvalue weighted by Gasteiger charge is -2.18. The minimum Gasteiger partial charge on any atom is -0.493 e. The van der Waals surface area contributed by atoms with Gasteiger partial charge in [0.2, 0.25) is 0 Å². The van der Waals surface area contributed by atoms with E-state index in [0.29, 0.717) is 0 Å². The summed E-state index contributed by atoms with van der Waals surface area (Å²) in [6.45, 7) is 4.89. The van der Waals surface area contributed by atoms with E-state index in [0.717, 1.165) is 35.8 Å². The third kappa shape index (κ3) is 2.80. The molecule has 0 spiro atoms. The number of rotatable bonds is 6. The van der Waals surface area contributed by atoms with E-state index in [1.165, 1.54) is 0 Å². The van der Waals surface area contributed by atoms with Crippen LogP contribution in [0.25, 0.3) is 0 Å². The first kappa shape index (κ1) is 14.5. The van der Waals surface area contributed by atoms with Gasteiger partial charge in [-0.3, -0.25) is 14.6 Å². The van der Waals surface area contributed by atoms with E-state index >= 15 is 0 Å². The molecule has 0 aliphatic heterocycles. The number of methoxy groups -OCH3 is 1. The molecule has 0 aliphatic rings. The zero-order chi connectivity index (χ0) is 14.5. The Balaban J connectivity index is 2.44. The zero-order valence-corrected chi connectivity index (χ0v) is 12.4. The van der Waals surface area contributed by atoms with Crippen molar-refractivity contribution in [2.24, 2.45) is 0 Å². The second-order valence-electron chi connectivity index (χ2n) is 4.63. The summed E-state index contributed by atoms with van der Waals surface area (Å²) in [5.41, 5.74) is 2.74. The highest BCUT2D eigenvalue weighted by Crippen LogP contribution is 2.28. The van der Waals surface area contributed by atoms with Crippen molar-refractivity contribution < 1.29 is 4.74 Å². The van der Waals surface area contributed by atoms with Crippen molar-refractivity contribution in [1.82, 2.24) is 25.1 Å². The highest BCUT2D eigenvalue weighted by atomic mass is 16.5. The minimum atomic E-state index is -0.0906. The monoisotopic (exact) mass is 275 g/mol. The van der Waals surface area contributed by atoms with Crippen LogP contribution in [-0.4, -0.2) is 33.9 Å². The molecule has 2 heterocycles. The molecule has 0 aliphatic carbocycles.